The number of nitrogens with zero attached hydrogens (tertiary/aromatic N) is 3. The Bertz CT molecular complexity index is 680. The molecule has 1 aromatic heterocycles. The van der Waals surface area contributed by atoms with Crippen molar-refractivity contribution in [3.8, 4) is 11.5 Å². The lowest BCUT2D eigenvalue weighted by Crippen LogP contribution is -1.98. The van der Waals surface area contributed by atoms with Crippen LogP contribution in [0.5, 0.6) is 11.5 Å². The topological polar surface area (TPSA) is 64.4 Å². The van der Waals surface area contributed by atoms with Crippen LogP contribution < -0.4 is 9.47 Å². The highest BCUT2D eigenvalue weighted by molar-refractivity contribution is 7.71. The third-order valence-electron chi connectivity index (χ3n) is 2.40. The van der Waals surface area contributed by atoms with Crippen molar-refractivity contribution in [2.75, 3.05) is 13.7 Å². The van der Waals surface area contributed by atoms with E-state index < -0.39 is 0 Å². The molecule has 8 heteroatoms. The van der Waals surface area contributed by atoms with Gasteiger partial charge in [-0.25, -0.2) is 0 Å². The maximum Gasteiger partial charge on any atom is 0.216 e. The number of benzene rings is 1. The maximum absolute atomic E-state index is 6.15. The van der Waals surface area contributed by atoms with E-state index in [4.69, 9.17) is 33.3 Å². The van der Waals surface area contributed by atoms with Crippen molar-refractivity contribution in [3.63, 3.8) is 0 Å². The van der Waals surface area contributed by atoms with Gasteiger partial charge in [0.05, 0.1) is 25.0 Å². The Balaban J connectivity index is 2.35. The van der Waals surface area contributed by atoms with E-state index in [1.54, 1.807) is 25.5 Å². The highest BCUT2D eigenvalue weighted by Crippen LogP contribution is 2.35. The normalized spacial score (nSPS) is 10.9. The van der Waals surface area contributed by atoms with Gasteiger partial charge in [-0.05, 0) is 36.8 Å². The zero-order valence-corrected chi connectivity index (χ0v) is 12.5. The third-order valence-corrected chi connectivity index (χ3v) is 2.96. The maximum atomic E-state index is 6.15. The zero-order chi connectivity index (χ0) is 14.5. The van der Waals surface area contributed by atoms with Crippen LogP contribution in [0.2, 0.25) is 5.02 Å². The fraction of sp³-hybridized carbons (Fsp3) is 0.250. The molecule has 0 saturated heterocycles. The van der Waals surface area contributed by atoms with Crippen LogP contribution >= 0.6 is 23.8 Å². The summed E-state index contributed by atoms with van der Waals surface area (Å²) in [4.78, 5) is 0. The summed E-state index contributed by atoms with van der Waals surface area (Å²) in [6.45, 7) is 2.40. The van der Waals surface area contributed by atoms with Crippen LogP contribution in [-0.4, -0.2) is 34.8 Å². The lowest BCUT2D eigenvalue weighted by molar-refractivity contribution is 0.311. The van der Waals surface area contributed by atoms with Crippen LogP contribution in [0.15, 0.2) is 23.6 Å². The molecule has 0 bridgehead atoms. The van der Waals surface area contributed by atoms with Crippen LogP contribution in [0.4, 0.5) is 0 Å². The molecular formula is C12H13ClN4O2S. The van der Waals surface area contributed by atoms with E-state index in [2.05, 4.69) is 15.3 Å². The Kier molecular flexibility index (Phi) is 4.75. The lowest BCUT2D eigenvalue weighted by Gasteiger charge is -2.11. The van der Waals surface area contributed by atoms with Crippen molar-refractivity contribution < 1.29 is 9.47 Å². The first-order chi connectivity index (χ1) is 9.65. The molecule has 1 N–H and O–H groups in total. The van der Waals surface area contributed by atoms with Gasteiger partial charge in [-0.2, -0.15) is 14.9 Å². The largest absolute Gasteiger partial charge is 0.491 e. The van der Waals surface area contributed by atoms with Gasteiger partial charge >= 0.3 is 0 Å². The van der Waals surface area contributed by atoms with Crippen molar-refractivity contribution in [1.29, 1.82) is 0 Å². The molecule has 0 aliphatic carbocycles. The number of methoxy groups -OCH3 is 1. The Morgan fingerprint density at radius 3 is 2.95 bits per heavy atom. The second-order valence-electron chi connectivity index (χ2n) is 3.72. The molecule has 0 unspecified atom stereocenters. The van der Waals surface area contributed by atoms with E-state index in [0.29, 0.717) is 27.9 Å². The van der Waals surface area contributed by atoms with Crippen LogP contribution in [0.3, 0.4) is 0 Å². The monoisotopic (exact) mass is 312 g/mol. The predicted octanol–water partition coefficient (Wildman–Crippen LogP) is 2.88. The first kappa shape index (κ1) is 14.5. The van der Waals surface area contributed by atoms with E-state index >= 15 is 0 Å². The van der Waals surface area contributed by atoms with E-state index in [9.17, 15) is 0 Å². The molecule has 20 heavy (non-hydrogen) atoms. The van der Waals surface area contributed by atoms with Gasteiger partial charge in [-0.1, -0.05) is 11.6 Å². The standard InChI is InChI=1S/C12H13ClN4O2S/c1-3-19-10-5-8(4-9(13)11(10)18-2)6-15-17-7-14-16-12(17)20/h4-7H,3H2,1-2H3,(H,16,20)/b15-6-. The second-order valence-corrected chi connectivity index (χ2v) is 4.51. The molecule has 2 aromatic rings. The molecule has 0 radical (unpaired) electrons. The fourth-order valence-corrected chi connectivity index (χ4v) is 2.02. The van der Waals surface area contributed by atoms with Gasteiger partial charge in [-0.3, -0.25) is 5.10 Å². The molecule has 0 saturated carbocycles. The number of hydrogen-bond donors (Lipinski definition) is 1. The Labute approximate surface area is 126 Å². The Hall–Kier alpha value is -1.86. The van der Waals surface area contributed by atoms with Crippen molar-refractivity contribution in [2.45, 2.75) is 6.92 Å². The summed E-state index contributed by atoms with van der Waals surface area (Å²) >= 11 is 11.1. The van der Waals surface area contributed by atoms with Gasteiger partial charge in [0.1, 0.15) is 6.33 Å². The number of nitrogens with one attached hydrogen (secondary N) is 1. The van der Waals surface area contributed by atoms with Crippen molar-refractivity contribution >= 4 is 30.0 Å². The number of rotatable bonds is 5. The third kappa shape index (κ3) is 3.17. The summed E-state index contributed by atoms with van der Waals surface area (Å²) in [5.74, 6) is 1.07. The molecule has 0 fully saturated rings. The molecule has 1 aromatic carbocycles. The molecule has 0 atom stereocenters. The molecule has 1 heterocycles. The quantitative estimate of drug-likeness (QED) is 0.681. The fourth-order valence-electron chi connectivity index (χ4n) is 1.58. The average molecular weight is 313 g/mol. The smallest absolute Gasteiger partial charge is 0.216 e. The minimum absolute atomic E-state index is 0.408. The molecule has 0 amide bonds. The van der Waals surface area contributed by atoms with Gasteiger partial charge in [0.2, 0.25) is 4.77 Å². The number of H-pyrrole nitrogens is 1. The van der Waals surface area contributed by atoms with Crippen LogP contribution in [0, 0.1) is 4.77 Å². The van der Waals surface area contributed by atoms with Crippen molar-refractivity contribution in [3.05, 3.63) is 33.8 Å². The predicted molar refractivity (Wildman–Crippen MR) is 79.6 cm³/mol. The Morgan fingerprint density at radius 1 is 1.55 bits per heavy atom. The van der Waals surface area contributed by atoms with Gasteiger partial charge in [0, 0.05) is 0 Å². The summed E-state index contributed by atoms with van der Waals surface area (Å²) < 4.78 is 12.6. The second kappa shape index (κ2) is 6.53. The number of aromatic nitrogens is 3. The molecule has 0 aliphatic heterocycles. The van der Waals surface area contributed by atoms with E-state index in [1.165, 1.54) is 11.0 Å². The first-order valence-corrected chi connectivity index (χ1v) is 6.61. The molecule has 6 nitrogen and oxygen atoms in total. The van der Waals surface area contributed by atoms with Crippen LogP contribution in [0.25, 0.3) is 0 Å². The summed E-state index contributed by atoms with van der Waals surface area (Å²) in [6.07, 6.45) is 3.09. The molecule has 106 valence electrons. The number of ether oxygens (including phenoxy) is 2. The van der Waals surface area contributed by atoms with Gasteiger partial charge in [0.15, 0.2) is 11.5 Å². The molecule has 0 spiro atoms. The molecular weight excluding hydrogens is 300 g/mol. The minimum Gasteiger partial charge on any atom is -0.491 e. The van der Waals surface area contributed by atoms with Crippen LogP contribution in [-0.2, 0) is 0 Å². The van der Waals surface area contributed by atoms with Crippen molar-refractivity contribution in [2.24, 2.45) is 5.10 Å². The van der Waals surface area contributed by atoms with E-state index in [-0.39, 0.29) is 0 Å². The van der Waals surface area contributed by atoms with Gasteiger partial charge in [0.25, 0.3) is 0 Å². The SMILES string of the molecule is CCOc1cc(/C=N\n2cn[nH]c2=S)cc(Cl)c1OC. The average Bonchev–Trinajstić information content (AvgIpc) is 2.82. The van der Waals surface area contributed by atoms with Crippen LogP contribution in [0.1, 0.15) is 12.5 Å². The van der Waals surface area contributed by atoms with Crippen molar-refractivity contribution in [1.82, 2.24) is 14.9 Å². The Morgan fingerprint density at radius 2 is 2.35 bits per heavy atom. The number of hydrogen-bond acceptors (Lipinski definition) is 5. The summed E-state index contributed by atoms with van der Waals surface area (Å²) in [5, 5.41) is 11.0. The number of halogens is 1. The zero-order valence-electron chi connectivity index (χ0n) is 11.0. The highest BCUT2D eigenvalue weighted by Gasteiger charge is 2.10. The summed E-state index contributed by atoms with van der Waals surface area (Å²) in [7, 11) is 1.54. The lowest BCUT2D eigenvalue weighted by atomic mass is 10.2. The van der Waals surface area contributed by atoms with E-state index in [1.807, 2.05) is 6.92 Å². The summed E-state index contributed by atoms with van der Waals surface area (Å²) in [6, 6.07) is 3.53. The van der Waals surface area contributed by atoms with E-state index in [0.717, 1.165) is 5.56 Å². The molecule has 2 rings (SSSR count). The van der Waals surface area contributed by atoms with Gasteiger partial charge < -0.3 is 9.47 Å². The first-order valence-electron chi connectivity index (χ1n) is 5.82. The summed E-state index contributed by atoms with van der Waals surface area (Å²) in [5.41, 5.74) is 0.766. The minimum atomic E-state index is 0.408. The number of aromatic amines is 1. The highest BCUT2D eigenvalue weighted by atomic mass is 35.5. The van der Waals surface area contributed by atoms with Gasteiger partial charge in [-0.15, -0.1) is 0 Å². The molecule has 0 aliphatic rings.